The maximum Gasteiger partial charge on any atom is 0.405 e. The molecule has 0 spiro atoms. The Balaban J connectivity index is 2.27. The fourth-order valence-corrected chi connectivity index (χ4v) is 3.80. The van der Waals surface area contributed by atoms with Crippen LogP contribution in [-0.4, -0.2) is 49.2 Å². The van der Waals surface area contributed by atoms with Crippen molar-refractivity contribution in [2.45, 2.75) is 25.2 Å². The van der Waals surface area contributed by atoms with E-state index in [4.69, 9.17) is 34.8 Å². The highest BCUT2D eigenvalue weighted by Gasteiger charge is 2.40. The summed E-state index contributed by atoms with van der Waals surface area (Å²) in [5.41, 5.74) is -0.560. The SMILES string of the molecule is Cc1cc(/C(F)=C/C(c2cc(Cl)c(Cl)c(Cl)c2)C(F)(F)F)ccc1C(=O)CN(C)C(=O)NCC(F)(F)F. The Morgan fingerprint density at radius 1 is 1.03 bits per heavy atom. The fraction of sp³-hybridized carbons (Fsp3) is 0.304. The van der Waals surface area contributed by atoms with Crippen molar-refractivity contribution in [2.24, 2.45) is 0 Å². The van der Waals surface area contributed by atoms with Crippen LogP contribution >= 0.6 is 34.8 Å². The zero-order valence-electron chi connectivity index (χ0n) is 19.0. The number of likely N-dealkylation sites (N-methyl/N-ethyl adjacent to an activating group) is 1. The molecule has 37 heavy (non-hydrogen) atoms. The van der Waals surface area contributed by atoms with Gasteiger partial charge in [0, 0.05) is 18.2 Å². The first-order chi connectivity index (χ1) is 16.9. The molecule has 0 radical (unpaired) electrons. The summed E-state index contributed by atoms with van der Waals surface area (Å²) in [4.78, 5) is 25.0. The summed E-state index contributed by atoms with van der Waals surface area (Å²) in [5, 5.41) is 0.958. The number of rotatable bonds is 7. The maximum absolute atomic E-state index is 14.9. The summed E-state index contributed by atoms with van der Waals surface area (Å²) >= 11 is 17.4. The monoisotopic (exact) mass is 592 g/mol. The Labute approximate surface area is 222 Å². The lowest BCUT2D eigenvalue weighted by Crippen LogP contribution is -2.43. The quantitative estimate of drug-likeness (QED) is 0.201. The minimum absolute atomic E-state index is 0.00402. The van der Waals surface area contributed by atoms with Crippen LogP contribution in [0, 0.1) is 6.92 Å². The van der Waals surface area contributed by atoms with E-state index in [-0.39, 0.29) is 31.8 Å². The van der Waals surface area contributed by atoms with Crippen molar-refractivity contribution in [3.63, 3.8) is 0 Å². The van der Waals surface area contributed by atoms with E-state index < -0.39 is 54.6 Å². The summed E-state index contributed by atoms with van der Waals surface area (Å²) in [5.74, 6) is -4.36. The molecule has 1 unspecified atom stereocenters. The average Bonchev–Trinajstić information content (AvgIpc) is 2.77. The smallest absolute Gasteiger partial charge is 0.329 e. The lowest BCUT2D eigenvalue weighted by Gasteiger charge is -2.19. The van der Waals surface area contributed by atoms with Gasteiger partial charge in [0.1, 0.15) is 18.3 Å². The number of ketones is 1. The molecular weight excluding hydrogens is 576 g/mol. The van der Waals surface area contributed by atoms with E-state index >= 15 is 0 Å². The molecule has 0 aliphatic carbocycles. The number of alkyl halides is 6. The lowest BCUT2D eigenvalue weighted by atomic mass is 9.95. The van der Waals surface area contributed by atoms with Gasteiger partial charge in [0.05, 0.1) is 21.6 Å². The van der Waals surface area contributed by atoms with Gasteiger partial charge in [0.25, 0.3) is 0 Å². The van der Waals surface area contributed by atoms with E-state index in [9.17, 15) is 40.3 Å². The maximum atomic E-state index is 14.9. The average molecular weight is 594 g/mol. The van der Waals surface area contributed by atoms with Gasteiger partial charge < -0.3 is 10.2 Å². The van der Waals surface area contributed by atoms with Crippen molar-refractivity contribution in [3.8, 4) is 0 Å². The highest BCUT2D eigenvalue weighted by atomic mass is 35.5. The summed E-state index contributed by atoms with van der Waals surface area (Å²) in [6.07, 6.45) is -9.23. The number of aryl methyl sites for hydroxylation is 1. The number of hydrogen-bond acceptors (Lipinski definition) is 2. The second kappa shape index (κ2) is 11.9. The molecule has 0 aromatic heterocycles. The number of hydrogen-bond donors (Lipinski definition) is 1. The van der Waals surface area contributed by atoms with Gasteiger partial charge in [-0.15, -0.1) is 0 Å². The first kappa shape index (κ1) is 30.7. The van der Waals surface area contributed by atoms with Crippen molar-refractivity contribution in [1.82, 2.24) is 10.2 Å². The van der Waals surface area contributed by atoms with Gasteiger partial charge in [0.15, 0.2) is 5.78 Å². The summed E-state index contributed by atoms with van der Waals surface area (Å²) in [7, 11) is 1.10. The molecule has 0 heterocycles. The second-order valence-corrected chi connectivity index (χ2v) is 9.11. The van der Waals surface area contributed by atoms with Crippen molar-refractivity contribution < 1.29 is 40.3 Å². The molecule has 4 nitrogen and oxygen atoms in total. The third kappa shape index (κ3) is 8.51. The predicted molar refractivity (Wildman–Crippen MR) is 127 cm³/mol. The van der Waals surface area contributed by atoms with Crippen LogP contribution in [0.15, 0.2) is 36.4 Å². The van der Waals surface area contributed by atoms with Gasteiger partial charge in [-0.05, 0) is 42.3 Å². The highest BCUT2D eigenvalue weighted by Crippen LogP contribution is 2.42. The van der Waals surface area contributed by atoms with E-state index in [0.717, 1.165) is 42.3 Å². The number of benzene rings is 2. The molecule has 0 fully saturated rings. The number of carbonyl (C=O) groups excluding carboxylic acids is 2. The van der Waals surface area contributed by atoms with Crippen LogP contribution in [0.25, 0.3) is 5.83 Å². The molecule has 2 aromatic carbocycles. The van der Waals surface area contributed by atoms with Crippen LogP contribution in [0.1, 0.15) is 33.0 Å². The molecule has 0 saturated heterocycles. The normalized spacial score (nSPS) is 13.4. The Morgan fingerprint density at radius 3 is 2.08 bits per heavy atom. The molecule has 2 aromatic rings. The molecule has 2 amide bonds. The van der Waals surface area contributed by atoms with E-state index in [2.05, 4.69) is 0 Å². The van der Waals surface area contributed by atoms with Crippen LogP contribution < -0.4 is 5.32 Å². The molecule has 1 N–H and O–H groups in total. The van der Waals surface area contributed by atoms with Gasteiger partial charge in [-0.2, -0.15) is 26.3 Å². The molecule has 0 aliphatic rings. The van der Waals surface area contributed by atoms with Gasteiger partial charge in [-0.25, -0.2) is 9.18 Å². The van der Waals surface area contributed by atoms with E-state index in [0.29, 0.717) is 6.08 Å². The number of carbonyl (C=O) groups is 2. The number of nitrogens with zero attached hydrogens (tertiary/aromatic N) is 1. The summed E-state index contributed by atoms with van der Waals surface area (Å²) in [6, 6.07) is 4.02. The predicted octanol–water partition coefficient (Wildman–Crippen LogP) is 8.00. The van der Waals surface area contributed by atoms with Crippen molar-refractivity contribution in [1.29, 1.82) is 0 Å². The standard InChI is InChI=1S/C23H18Cl3F7N2O2/c1-11-5-12(3-4-14(11)19(36)9-35(2)21(37)34-10-22(28,29)30)18(27)8-15(23(31,32)33)13-6-16(24)20(26)17(25)7-13/h3-8,15H,9-10H2,1-2H3,(H,34,37)/b18-8-. The van der Waals surface area contributed by atoms with Crippen molar-refractivity contribution in [3.05, 3.63) is 73.7 Å². The Hall–Kier alpha value is -2.50. The van der Waals surface area contributed by atoms with Crippen LogP contribution in [0.4, 0.5) is 35.5 Å². The summed E-state index contributed by atoms with van der Waals surface area (Å²) < 4.78 is 92.8. The summed E-state index contributed by atoms with van der Waals surface area (Å²) in [6.45, 7) is -0.804. The molecular formula is C23H18Cl3F7N2O2. The highest BCUT2D eigenvalue weighted by molar-refractivity contribution is 6.48. The minimum Gasteiger partial charge on any atom is -0.329 e. The van der Waals surface area contributed by atoms with Crippen LogP contribution in [0.2, 0.25) is 15.1 Å². The zero-order chi connectivity index (χ0) is 28.3. The van der Waals surface area contributed by atoms with E-state index in [1.54, 1.807) is 5.32 Å². The Bertz CT molecular complexity index is 1190. The van der Waals surface area contributed by atoms with Crippen LogP contribution in [0.3, 0.4) is 0 Å². The topological polar surface area (TPSA) is 49.4 Å². The number of nitrogens with one attached hydrogen (secondary N) is 1. The van der Waals surface area contributed by atoms with Gasteiger partial charge in [-0.1, -0.05) is 46.9 Å². The molecule has 202 valence electrons. The molecule has 2 rings (SSSR count). The number of urea groups is 1. The van der Waals surface area contributed by atoms with Crippen LogP contribution in [0.5, 0.6) is 0 Å². The number of Topliss-reactive ketones (excluding diaryl/α,β-unsaturated/α-hetero) is 1. The fourth-order valence-electron chi connectivity index (χ4n) is 3.19. The Kier molecular flexibility index (Phi) is 9.89. The second-order valence-electron chi connectivity index (χ2n) is 7.92. The first-order valence-corrected chi connectivity index (χ1v) is 11.3. The van der Waals surface area contributed by atoms with Gasteiger partial charge in [0.2, 0.25) is 0 Å². The first-order valence-electron chi connectivity index (χ1n) is 10.2. The van der Waals surface area contributed by atoms with Crippen LogP contribution in [-0.2, 0) is 0 Å². The third-order valence-electron chi connectivity index (χ3n) is 5.00. The third-order valence-corrected chi connectivity index (χ3v) is 6.20. The van der Waals surface area contributed by atoms with Gasteiger partial charge >= 0.3 is 18.4 Å². The number of amides is 2. The number of allylic oxidation sites excluding steroid dienone is 1. The zero-order valence-corrected chi connectivity index (χ0v) is 21.3. The molecule has 0 aliphatic heterocycles. The van der Waals surface area contributed by atoms with Crippen molar-refractivity contribution in [2.75, 3.05) is 20.1 Å². The molecule has 14 heteroatoms. The number of halogens is 10. The minimum atomic E-state index is -4.92. The molecule has 0 saturated carbocycles. The lowest BCUT2D eigenvalue weighted by molar-refractivity contribution is -0.139. The molecule has 0 bridgehead atoms. The van der Waals surface area contributed by atoms with E-state index in [1.807, 2.05) is 0 Å². The largest absolute Gasteiger partial charge is 0.405 e. The molecule has 1 atom stereocenters. The van der Waals surface area contributed by atoms with Crippen molar-refractivity contribution >= 4 is 52.4 Å². The van der Waals surface area contributed by atoms with E-state index in [1.165, 1.54) is 6.92 Å². The van der Waals surface area contributed by atoms with Gasteiger partial charge in [-0.3, -0.25) is 4.79 Å². The Morgan fingerprint density at radius 2 is 1.59 bits per heavy atom.